The average molecular weight is 379 g/mol. The molecule has 7 heteroatoms. The monoisotopic (exact) mass is 379 g/mol. The Hall–Kier alpha value is -3.79. The van der Waals surface area contributed by atoms with Crippen LogP contribution in [0.3, 0.4) is 0 Å². The first-order valence-corrected chi connectivity index (χ1v) is 8.29. The molecule has 0 atom stereocenters. The highest BCUT2D eigenvalue weighted by Crippen LogP contribution is 2.46. The van der Waals surface area contributed by atoms with Crippen molar-refractivity contribution in [1.29, 1.82) is 5.26 Å². The molecule has 1 aromatic heterocycles. The van der Waals surface area contributed by atoms with Crippen LogP contribution < -0.4 is 19.9 Å². The molecule has 0 fully saturated rings. The Morgan fingerprint density at radius 1 is 0.929 bits per heavy atom. The van der Waals surface area contributed by atoms with Crippen LogP contribution in [0.2, 0.25) is 0 Å². The molecule has 0 amide bonds. The number of nitriles is 1. The van der Waals surface area contributed by atoms with Gasteiger partial charge in [-0.1, -0.05) is 0 Å². The number of benzene rings is 2. The van der Waals surface area contributed by atoms with Crippen LogP contribution in [0.1, 0.15) is 5.56 Å². The number of ether oxygens (including phenoxy) is 3. The molecular formula is C21H18FN3O3. The fraction of sp³-hybridized carbons (Fsp3) is 0.143. The standard InChI is InChI=1S/C21H18FN3O3/c1-26-18-9-8-14(19(27-2)20(18)28-3)15-10-17(25-21(24)16(15)11-23)12-4-6-13(22)7-5-12/h4-10H,1-3H3,(H2,24,25). The first-order valence-electron chi connectivity index (χ1n) is 8.29. The van der Waals surface area contributed by atoms with Crippen LogP contribution in [0.4, 0.5) is 10.2 Å². The number of anilines is 1. The fourth-order valence-corrected chi connectivity index (χ4v) is 2.98. The normalized spacial score (nSPS) is 10.2. The van der Waals surface area contributed by atoms with E-state index >= 15 is 0 Å². The van der Waals surface area contributed by atoms with E-state index < -0.39 is 0 Å². The Morgan fingerprint density at radius 2 is 1.61 bits per heavy atom. The number of methoxy groups -OCH3 is 3. The largest absolute Gasteiger partial charge is 0.493 e. The molecule has 142 valence electrons. The molecule has 0 radical (unpaired) electrons. The van der Waals surface area contributed by atoms with Gasteiger partial charge in [0.1, 0.15) is 23.3 Å². The molecular weight excluding hydrogens is 361 g/mol. The summed E-state index contributed by atoms with van der Waals surface area (Å²) >= 11 is 0. The van der Waals surface area contributed by atoms with Crippen LogP contribution in [-0.2, 0) is 0 Å². The SMILES string of the molecule is COc1ccc(-c2cc(-c3ccc(F)cc3)nc(N)c2C#N)c(OC)c1OC. The van der Waals surface area contributed by atoms with E-state index in [0.717, 1.165) is 0 Å². The third-order valence-electron chi connectivity index (χ3n) is 4.29. The van der Waals surface area contributed by atoms with Crippen molar-refractivity contribution < 1.29 is 18.6 Å². The number of nitrogens with two attached hydrogens (primary N) is 1. The second-order valence-electron chi connectivity index (χ2n) is 5.82. The lowest BCUT2D eigenvalue weighted by Gasteiger charge is -2.17. The molecule has 0 spiro atoms. The highest BCUT2D eigenvalue weighted by Gasteiger charge is 2.21. The summed E-state index contributed by atoms with van der Waals surface area (Å²) in [6.07, 6.45) is 0. The Kier molecular flexibility index (Phi) is 5.32. The summed E-state index contributed by atoms with van der Waals surface area (Å²) in [4.78, 5) is 4.30. The molecule has 0 aliphatic heterocycles. The first-order chi connectivity index (χ1) is 13.5. The molecule has 28 heavy (non-hydrogen) atoms. The predicted octanol–water partition coefficient (Wildman–Crippen LogP) is 4.03. The summed E-state index contributed by atoms with van der Waals surface area (Å²) in [5.41, 5.74) is 8.54. The minimum absolute atomic E-state index is 0.0659. The minimum atomic E-state index is -0.354. The fourth-order valence-electron chi connectivity index (χ4n) is 2.98. The molecule has 3 aromatic rings. The summed E-state index contributed by atoms with van der Waals surface area (Å²) < 4.78 is 29.5. The molecule has 0 unspecified atom stereocenters. The van der Waals surface area contributed by atoms with Gasteiger partial charge in [-0.3, -0.25) is 0 Å². The van der Waals surface area contributed by atoms with Crippen LogP contribution in [0.5, 0.6) is 17.2 Å². The highest BCUT2D eigenvalue weighted by molar-refractivity contribution is 5.85. The Bertz CT molecular complexity index is 1060. The zero-order valence-corrected chi connectivity index (χ0v) is 15.6. The van der Waals surface area contributed by atoms with Gasteiger partial charge < -0.3 is 19.9 Å². The molecule has 0 aliphatic carbocycles. The maximum Gasteiger partial charge on any atom is 0.203 e. The molecule has 2 aromatic carbocycles. The van der Waals surface area contributed by atoms with E-state index in [4.69, 9.17) is 19.9 Å². The number of nitrogen functional groups attached to an aromatic ring is 1. The lowest BCUT2D eigenvalue weighted by atomic mass is 9.97. The molecule has 6 nitrogen and oxygen atoms in total. The number of nitrogens with zero attached hydrogens (tertiary/aromatic N) is 2. The van der Waals surface area contributed by atoms with E-state index in [0.29, 0.717) is 39.6 Å². The number of pyridine rings is 1. The highest BCUT2D eigenvalue weighted by atomic mass is 19.1. The van der Waals surface area contributed by atoms with Gasteiger partial charge in [-0.15, -0.1) is 0 Å². The lowest BCUT2D eigenvalue weighted by Crippen LogP contribution is -2.02. The van der Waals surface area contributed by atoms with Crippen molar-refractivity contribution in [2.24, 2.45) is 0 Å². The van der Waals surface area contributed by atoms with E-state index in [1.165, 1.54) is 33.5 Å². The predicted molar refractivity (Wildman–Crippen MR) is 104 cm³/mol. The summed E-state index contributed by atoms with van der Waals surface area (Å²) in [6, 6.07) is 13.1. The molecule has 0 aliphatic rings. The van der Waals surface area contributed by atoms with Gasteiger partial charge in [0.15, 0.2) is 11.5 Å². The third kappa shape index (κ3) is 3.28. The van der Waals surface area contributed by atoms with Gasteiger partial charge in [-0.25, -0.2) is 9.37 Å². The second kappa shape index (κ2) is 7.84. The van der Waals surface area contributed by atoms with Gasteiger partial charge in [-0.2, -0.15) is 5.26 Å². The zero-order chi connectivity index (χ0) is 20.3. The van der Waals surface area contributed by atoms with Crippen molar-refractivity contribution in [3.8, 4) is 45.7 Å². The second-order valence-corrected chi connectivity index (χ2v) is 5.82. The lowest BCUT2D eigenvalue weighted by molar-refractivity contribution is 0.325. The Balaban J connectivity index is 2.30. The molecule has 0 saturated carbocycles. The van der Waals surface area contributed by atoms with E-state index in [-0.39, 0.29) is 17.2 Å². The maximum atomic E-state index is 13.3. The smallest absolute Gasteiger partial charge is 0.203 e. The molecule has 0 saturated heterocycles. The quantitative estimate of drug-likeness (QED) is 0.720. The van der Waals surface area contributed by atoms with Gasteiger partial charge >= 0.3 is 0 Å². The summed E-state index contributed by atoms with van der Waals surface area (Å²) in [5, 5.41) is 9.63. The van der Waals surface area contributed by atoms with E-state index in [2.05, 4.69) is 11.1 Å². The molecule has 2 N–H and O–H groups in total. The number of hydrogen-bond donors (Lipinski definition) is 1. The summed E-state index contributed by atoms with van der Waals surface area (Å²) in [6.45, 7) is 0. The number of rotatable bonds is 5. The van der Waals surface area contributed by atoms with Crippen LogP contribution >= 0.6 is 0 Å². The zero-order valence-electron chi connectivity index (χ0n) is 15.6. The molecule has 0 bridgehead atoms. The van der Waals surface area contributed by atoms with Crippen molar-refractivity contribution in [1.82, 2.24) is 4.98 Å². The van der Waals surface area contributed by atoms with Crippen LogP contribution in [0.25, 0.3) is 22.4 Å². The van der Waals surface area contributed by atoms with Crippen molar-refractivity contribution in [2.75, 3.05) is 27.1 Å². The van der Waals surface area contributed by atoms with Crippen molar-refractivity contribution >= 4 is 5.82 Å². The van der Waals surface area contributed by atoms with Crippen molar-refractivity contribution in [3.63, 3.8) is 0 Å². The summed E-state index contributed by atoms with van der Waals surface area (Å²) in [7, 11) is 4.52. The van der Waals surface area contributed by atoms with Gasteiger partial charge in [0.25, 0.3) is 0 Å². The molecule has 1 heterocycles. The van der Waals surface area contributed by atoms with E-state index in [9.17, 15) is 9.65 Å². The Labute approximate surface area is 161 Å². The van der Waals surface area contributed by atoms with Crippen molar-refractivity contribution in [2.45, 2.75) is 0 Å². The third-order valence-corrected chi connectivity index (χ3v) is 4.29. The molecule has 3 rings (SSSR count). The van der Waals surface area contributed by atoms with E-state index in [1.54, 1.807) is 30.3 Å². The number of hydrogen-bond acceptors (Lipinski definition) is 6. The average Bonchev–Trinajstić information content (AvgIpc) is 2.72. The van der Waals surface area contributed by atoms with Gasteiger partial charge in [0.2, 0.25) is 5.75 Å². The summed E-state index contributed by atoms with van der Waals surface area (Å²) in [5.74, 6) is 0.991. The van der Waals surface area contributed by atoms with E-state index in [1.807, 2.05) is 0 Å². The van der Waals surface area contributed by atoms with Crippen LogP contribution in [-0.4, -0.2) is 26.3 Å². The maximum absolute atomic E-state index is 13.3. The van der Waals surface area contributed by atoms with Crippen molar-refractivity contribution in [3.05, 3.63) is 53.8 Å². The number of halogens is 1. The van der Waals surface area contributed by atoms with Crippen LogP contribution in [0.15, 0.2) is 42.5 Å². The van der Waals surface area contributed by atoms with Crippen LogP contribution in [0, 0.1) is 17.1 Å². The van der Waals surface area contributed by atoms with Gasteiger partial charge in [-0.05, 0) is 42.5 Å². The van der Waals surface area contributed by atoms with Gasteiger partial charge in [0.05, 0.1) is 27.0 Å². The van der Waals surface area contributed by atoms with Gasteiger partial charge in [0, 0.05) is 16.7 Å². The number of aromatic nitrogens is 1. The topological polar surface area (TPSA) is 90.4 Å². The Morgan fingerprint density at radius 3 is 2.18 bits per heavy atom. The minimum Gasteiger partial charge on any atom is -0.493 e. The first kappa shape index (κ1) is 19.0.